The van der Waals surface area contributed by atoms with Gasteiger partial charge in [-0.05, 0) is 24.1 Å². The van der Waals surface area contributed by atoms with Crippen LogP contribution in [-0.2, 0) is 4.79 Å². The fraction of sp³-hybridized carbons (Fsp3) is 0.462. The van der Waals surface area contributed by atoms with Gasteiger partial charge in [0.2, 0.25) is 0 Å². The maximum atomic E-state index is 11.1. The number of hydrogen-bond donors (Lipinski definition) is 3. The number of halogens is 1. The van der Waals surface area contributed by atoms with Crippen LogP contribution in [0.1, 0.15) is 37.9 Å². The van der Waals surface area contributed by atoms with Crippen molar-refractivity contribution in [2.75, 3.05) is 0 Å². The van der Waals surface area contributed by atoms with Gasteiger partial charge in [-0.25, -0.2) is 0 Å². The summed E-state index contributed by atoms with van der Waals surface area (Å²) in [5, 5.41) is 28.6. The molecule has 0 radical (unpaired) electrons. The van der Waals surface area contributed by atoms with E-state index in [-0.39, 0.29) is 10.8 Å². The lowest BCUT2D eigenvalue weighted by molar-refractivity contribution is -0.146. The lowest BCUT2D eigenvalue weighted by Crippen LogP contribution is -2.22. The largest absolute Gasteiger partial charge is 0.506 e. The van der Waals surface area contributed by atoms with E-state index in [2.05, 4.69) is 0 Å². The van der Waals surface area contributed by atoms with Crippen LogP contribution >= 0.6 is 11.6 Å². The number of hydrogen-bond acceptors (Lipinski definition) is 3. The Balaban J connectivity index is 2.90. The molecule has 4 nitrogen and oxygen atoms in total. The van der Waals surface area contributed by atoms with Crippen molar-refractivity contribution in [2.45, 2.75) is 32.3 Å². The molecule has 1 rings (SSSR count). The molecule has 1 aromatic rings. The molecule has 1 aromatic carbocycles. The standard InChI is InChI=1S/C13H17ClO4/c1-2-3-4-9(13(17)18)12(16)8-5-6-11(15)10(14)7-8/h5-7,9,12,15-16H,2-4H2,1H3,(H,17,18). The Labute approximate surface area is 111 Å². The molecule has 0 amide bonds. The van der Waals surface area contributed by atoms with Gasteiger partial charge in [-0.1, -0.05) is 37.4 Å². The number of aliphatic carboxylic acids is 1. The minimum absolute atomic E-state index is 0.0898. The van der Waals surface area contributed by atoms with Crippen LogP contribution in [0.2, 0.25) is 5.02 Å². The van der Waals surface area contributed by atoms with Crippen molar-refractivity contribution in [2.24, 2.45) is 5.92 Å². The first-order valence-corrected chi connectivity index (χ1v) is 6.24. The summed E-state index contributed by atoms with van der Waals surface area (Å²) in [6, 6.07) is 4.22. The fourth-order valence-electron chi connectivity index (χ4n) is 1.78. The molecule has 3 N–H and O–H groups in total. The van der Waals surface area contributed by atoms with Crippen LogP contribution in [0.3, 0.4) is 0 Å². The Morgan fingerprint density at radius 3 is 2.61 bits per heavy atom. The predicted molar refractivity (Wildman–Crippen MR) is 68.7 cm³/mol. The molecule has 0 aromatic heterocycles. The maximum absolute atomic E-state index is 11.1. The lowest BCUT2D eigenvalue weighted by Gasteiger charge is -2.19. The molecule has 0 aliphatic heterocycles. The summed E-state index contributed by atoms with van der Waals surface area (Å²) < 4.78 is 0. The zero-order valence-electron chi connectivity index (χ0n) is 10.1. The smallest absolute Gasteiger partial charge is 0.309 e. The van der Waals surface area contributed by atoms with Crippen LogP contribution in [0.25, 0.3) is 0 Å². The van der Waals surface area contributed by atoms with E-state index >= 15 is 0 Å². The van der Waals surface area contributed by atoms with E-state index in [1.165, 1.54) is 18.2 Å². The lowest BCUT2D eigenvalue weighted by atomic mass is 9.91. The molecule has 5 heteroatoms. The van der Waals surface area contributed by atoms with E-state index < -0.39 is 18.0 Å². The number of carboxylic acid groups (broad SMARTS) is 1. The first-order valence-electron chi connectivity index (χ1n) is 5.86. The first kappa shape index (κ1) is 14.8. The molecule has 0 heterocycles. The van der Waals surface area contributed by atoms with Crippen molar-refractivity contribution in [3.05, 3.63) is 28.8 Å². The van der Waals surface area contributed by atoms with E-state index in [0.717, 1.165) is 12.8 Å². The molecule has 0 aliphatic carbocycles. The van der Waals surface area contributed by atoms with Gasteiger partial charge in [0, 0.05) is 0 Å². The highest BCUT2D eigenvalue weighted by molar-refractivity contribution is 6.32. The fourth-order valence-corrected chi connectivity index (χ4v) is 1.97. The third kappa shape index (κ3) is 3.62. The Morgan fingerprint density at radius 2 is 2.11 bits per heavy atom. The van der Waals surface area contributed by atoms with Gasteiger partial charge in [0.1, 0.15) is 5.75 Å². The molecular weight excluding hydrogens is 256 g/mol. The monoisotopic (exact) mass is 272 g/mol. The number of rotatable bonds is 6. The molecule has 2 unspecified atom stereocenters. The maximum Gasteiger partial charge on any atom is 0.309 e. The summed E-state index contributed by atoms with van der Waals surface area (Å²) in [6.45, 7) is 1.96. The molecule has 0 spiro atoms. The van der Waals surface area contributed by atoms with Crippen LogP contribution in [0.4, 0.5) is 0 Å². The van der Waals surface area contributed by atoms with Crippen molar-refractivity contribution >= 4 is 17.6 Å². The zero-order valence-corrected chi connectivity index (χ0v) is 10.9. The van der Waals surface area contributed by atoms with Gasteiger partial charge >= 0.3 is 5.97 Å². The van der Waals surface area contributed by atoms with Gasteiger partial charge in [-0.15, -0.1) is 0 Å². The average molecular weight is 273 g/mol. The number of aliphatic hydroxyl groups excluding tert-OH is 1. The van der Waals surface area contributed by atoms with Crippen molar-refractivity contribution < 1.29 is 20.1 Å². The summed E-state index contributed by atoms with van der Waals surface area (Å²) in [6.07, 6.45) is 0.894. The summed E-state index contributed by atoms with van der Waals surface area (Å²) in [5.41, 5.74) is 0.404. The number of carbonyl (C=O) groups is 1. The number of carboxylic acids is 1. The van der Waals surface area contributed by atoms with Gasteiger partial charge in [0.25, 0.3) is 0 Å². The molecule has 2 atom stereocenters. The summed E-state index contributed by atoms with van der Waals surface area (Å²) >= 11 is 5.74. The van der Waals surface area contributed by atoms with Gasteiger partial charge in [-0.2, -0.15) is 0 Å². The van der Waals surface area contributed by atoms with Crippen molar-refractivity contribution in [3.8, 4) is 5.75 Å². The molecule has 0 saturated carbocycles. The second-order valence-corrected chi connectivity index (χ2v) is 4.65. The molecule has 18 heavy (non-hydrogen) atoms. The van der Waals surface area contributed by atoms with Gasteiger partial charge in [-0.3, -0.25) is 4.79 Å². The van der Waals surface area contributed by atoms with Crippen molar-refractivity contribution in [1.29, 1.82) is 0 Å². The van der Waals surface area contributed by atoms with Crippen LogP contribution in [0.15, 0.2) is 18.2 Å². The van der Waals surface area contributed by atoms with E-state index in [9.17, 15) is 15.0 Å². The van der Waals surface area contributed by atoms with Crippen LogP contribution in [0.5, 0.6) is 5.75 Å². The molecule has 0 aliphatic rings. The Hall–Kier alpha value is -1.26. The number of aromatic hydroxyl groups is 1. The molecule has 0 fully saturated rings. The zero-order chi connectivity index (χ0) is 13.7. The number of phenols is 1. The van der Waals surface area contributed by atoms with Crippen molar-refractivity contribution in [1.82, 2.24) is 0 Å². The molecule has 0 bridgehead atoms. The minimum atomic E-state index is -1.12. The predicted octanol–water partition coefficient (Wildman–Crippen LogP) is 2.97. The second-order valence-electron chi connectivity index (χ2n) is 4.24. The average Bonchev–Trinajstić information content (AvgIpc) is 2.32. The Kier molecular flexibility index (Phi) is 5.44. The highest BCUT2D eigenvalue weighted by atomic mass is 35.5. The summed E-state index contributed by atoms with van der Waals surface area (Å²) in [4.78, 5) is 11.1. The normalized spacial score (nSPS) is 14.2. The quantitative estimate of drug-likeness (QED) is 0.744. The van der Waals surface area contributed by atoms with Gasteiger partial charge < -0.3 is 15.3 Å². The minimum Gasteiger partial charge on any atom is -0.506 e. The number of phenolic OH excluding ortho intramolecular Hbond substituents is 1. The van der Waals surface area contributed by atoms with Gasteiger partial charge in [0.15, 0.2) is 0 Å². The van der Waals surface area contributed by atoms with E-state index in [4.69, 9.17) is 16.7 Å². The molecule has 0 saturated heterocycles. The second kappa shape index (κ2) is 6.61. The summed E-state index contributed by atoms with van der Waals surface area (Å²) in [7, 11) is 0. The van der Waals surface area contributed by atoms with Crippen LogP contribution in [-0.4, -0.2) is 21.3 Å². The Morgan fingerprint density at radius 1 is 1.44 bits per heavy atom. The SMILES string of the molecule is CCCCC(C(=O)O)C(O)c1ccc(O)c(Cl)c1. The molecular formula is C13H17ClO4. The third-order valence-electron chi connectivity index (χ3n) is 2.88. The third-order valence-corrected chi connectivity index (χ3v) is 3.18. The summed E-state index contributed by atoms with van der Waals surface area (Å²) in [5.74, 6) is -1.97. The highest BCUT2D eigenvalue weighted by Crippen LogP contribution is 2.31. The van der Waals surface area contributed by atoms with Crippen LogP contribution < -0.4 is 0 Å². The number of aliphatic hydroxyl groups is 1. The van der Waals surface area contributed by atoms with E-state index in [0.29, 0.717) is 12.0 Å². The van der Waals surface area contributed by atoms with E-state index in [1.807, 2.05) is 6.92 Å². The molecule has 100 valence electrons. The number of unbranched alkanes of at least 4 members (excludes halogenated alkanes) is 1. The Bertz CT molecular complexity index is 419. The van der Waals surface area contributed by atoms with Crippen molar-refractivity contribution in [3.63, 3.8) is 0 Å². The number of benzene rings is 1. The first-order chi connectivity index (χ1) is 8.47. The highest BCUT2D eigenvalue weighted by Gasteiger charge is 2.27. The van der Waals surface area contributed by atoms with Crippen LogP contribution in [0, 0.1) is 5.92 Å². The van der Waals surface area contributed by atoms with E-state index in [1.54, 1.807) is 0 Å². The van der Waals surface area contributed by atoms with Gasteiger partial charge in [0.05, 0.1) is 17.0 Å². The topological polar surface area (TPSA) is 77.8 Å².